The van der Waals surface area contributed by atoms with Crippen molar-refractivity contribution in [2.24, 2.45) is 0 Å². The molecule has 0 aliphatic carbocycles. The number of carbonyl (C=O) groups is 2. The second-order valence-corrected chi connectivity index (χ2v) is 7.74. The molecule has 35 heavy (non-hydrogen) atoms. The highest BCUT2D eigenvalue weighted by Crippen LogP contribution is 2.25. The first-order valence-electron chi connectivity index (χ1n) is 11.3. The average Bonchev–Trinajstić information content (AvgIpc) is 2.90. The first-order chi connectivity index (χ1) is 17.2. The van der Waals surface area contributed by atoms with Crippen LogP contribution in [-0.2, 0) is 20.9 Å². The number of ether oxygens (including phenoxy) is 2. The molecular formula is C29H26N2O4. The molecule has 4 aromatic rings. The second kappa shape index (κ2) is 12.2. The number of hydrogen-bond donors (Lipinski definition) is 1. The number of nitrogens with zero attached hydrogens (tertiary/aromatic N) is 1. The molecule has 4 rings (SSSR count). The molecule has 0 aliphatic heterocycles. The molecule has 6 nitrogen and oxygen atoms in total. The summed E-state index contributed by atoms with van der Waals surface area (Å²) in [7, 11) is 0. The normalized spacial score (nSPS) is 10.4. The van der Waals surface area contributed by atoms with Crippen molar-refractivity contribution in [2.45, 2.75) is 6.61 Å². The Morgan fingerprint density at radius 1 is 0.657 bits per heavy atom. The predicted octanol–water partition coefficient (Wildman–Crippen LogP) is 5.59. The van der Waals surface area contributed by atoms with Crippen molar-refractivity contribution >= 4 is 28.9 Å². The molecule has 0 spiro atoms. The topological polar surface area (TPSA) is 67.9 Å². The number of benzene rings is 4. The summed E-state index contributed by atoms with van der Waals surface area (Å²) in [4.78, 5) is 26.8. The molecular weight excluding hydrogens is 440 g/mol. The van der Waals surface area contributed by atoms with Crippen LogP contribution in [0, 0.1) is 0 Å². The van der Waals surface area contributed by atoms with E-state index in [1.54, 1.807) is 29.2 Å². The Morgan fingerprint density at radius 3 is 1.77 bits per heavy atom. The van der Waals surface area contributed by atoms with Crippen LogP contribution < -0.4 is 15.0 Å². The number of hydrogen-bond acceptors (Lipinski definition) is 4. The van der Waals surface area contributed by atoms with Crippen molar-refractivity contribution in [2.75, 3.05) is 23.4 Å². The van der Waals surface area contributed by atoms with Gasteiger partial charge in [0.2, 0.25) is 5.91 Å². The monoisotopic (exact) mass is 466 g/mol. The van der Waals surface area contributed by atoms with E-state index in [4.69, 9.17) is 9.47 Å². The maximum absolute atomic E-state index is 12.9. The van der Waals surface area contributed by atoms with Gasteiger partial charge in [-0.1, -0.05) is 66.7 Å². The van der Waals surface area contributed by atoms with Gasteiger partial charge in [0.25, 0.3) is 5.91 Å². The van der Waals surface area contributed by atoms with Crippen LogP contribution in [0.25, 0.3) is 0 Å². The van der Waals surface area contributed by atoms with E-state index < -0.39 is 0 Å². The molecule has 0 saturated heterocycles. The minimum absolute atomic E-state index is 0.233. The highest BCUT2D eigenvalue weighted by Gasteiger charge is 2.18. The van der Waals surface area contributed by atoms with E-state index >= 15 is 0 Å². The summed E-state index contributed by atoms with van der Waals surface area (Å²) < 4.78 is 11.2. The van der Waals surface area contributed by atoms with Crippen molar-refractivity contribution < 1.29 is 19.1 Å². The molecule has 0 radical (unpaired) electrons. The van der Waals surface area contributed by atoms with Crippen LogP contribution in [0.1, 0.15) is 5.56 Å². The van der Waals surface area contributed by atoms with Crippen LogP contribution in [0.4, 0.5) is 17.1 Å². The summed E-state index contributed by atoms with van der Waals surface area (Å²) in [6.07, 6.45) is 0. The van der Waals surface area contributed by atoms with Gasteiger partial charge in [-0.25, -0.2) is 0 Å². The summed E-state index contributed by atoms with van der Waals surface area (Å²) >= 11 is 0. The lowest BCUT2D eigenvalue weighted by atomic mass is 10.2. The molecule has 0 heterocycles. The van der Waals surface area contributed by atoms with Crippen molar-refractivity contribution in [1.82, 2.24) is 0 Å². The molecule has 0 saturated carbocycles. The molecule has 0 fully saturated rings. The van der Waals surface area contributed by atoms with Crippen LogP contribution in [-0.4, -0.2) is 25.0 Å². The van der Waals surface area contributed by atoms with E-state index in [0.717, 1.165) is 16.9 Å². The van der Waals surface area contributed by atoms with Crippen LogP contribution in [0.5, 0.6) is 5.75 Å². The highest BCUT2D eigenvalue weighted by atomic mass is 16.5. The van der Waals surface area contributed by atoms with Crippen LogP contribution in [0.3, 0.4) is 0 Å². The van der Waals surface area contributed by atoms with E-state index in [-0.39, 0.29) is 25.0 Å². The SMILES string of the molecule is O=C(COCC(=O)N(c1ccccc1)c1ccccc1)Nc1ccc(OCc2ccccc2)cc1. The van der Waals surface area contributed by atoms with Crippen LogP contribution in [0.15, 0.2) is 115 Å². The standard InChI is InChI=1S/C29H26N2O4/c32-28(30-24-16-18-27(19-17-24)35-20-23-10-4-1-5-11-23)21-34-22-29(33)31(25-12-6-2-7-13-25)26-14-8-3-9-15-26/h1-19H,20-22H2,(H,30,32). The van der Waals surface area contributed by atoms with Crippen molar-refractivity contribution in [3.63, 3.8) is 0 Å². The molecule has 0 unspecified atom stereocenters. The quantitative estimate of drug-likeness (QED) is 0.331. The first kappa shape index (κ1) is 23.7. The maximum Gasteiger partial charge on any atom is 0.257 e. The van der Waals surface area contributed by atoms with E-state index in [2.05, 4.69) is 5.32 Å². The zero-order valence-corrected chi connectivity index (χ0v) is 19.2. The third-order valence-corrected chi connectivity index (χ3v) is 5.12. The Kier molecular flexibility index (Phi) is 8.24. The number of nitrogens with one attached hydrogen (secondary N) is 1. The van der Waals surface area contributed by atoms with Crippen molar-refractivity contribution in [3.8, 4) is 5.75 Å². The van der Waals surface area contributed by atoms with E-state index in [0.29, 0.717) is 18.0 Å². The summed E-state index contributed by atoms with van der Waals surface area (Å²) in [6.45, 7) is -0.00369. The van der Waals surface area contributed by atoms with Gasteiger partial charge in [-0.15, -0.1) is 0 Å². The lowest BCUT2D eigenvalue weighted by molar-refractivity contribution is -0.126. The molecule has 2 amide bonds. The smallest absolute Gasteiger partial charge is 0.257 e. The van der Waals surface area contributed by atoms with Crippen LogP contribution in [0.2, 0.25) is 0 Å². The van der Waals surface area contributed by atoms with Gasteiger partial charge in [-0.05, 0) is 54.1 Å². The Labute approximate surface area is 204 Å². The molecule has 176 valence electrons. The average molecular weight is 467 g/mol. The van der Waals surface area contributed by atoms with Gasteiger partial charge in [-0.2, -0.15) is 0 Å². The van der Waals surface area contributed by atoms with Gasteiger partial charge in [0.1, 0.15) is 25.6 Å². The number of rotatable bonds is 10. The maximum atomic E-state index is 12.9. The molecule has 4 aromatic carbocycles. The first-order valence-corrected chi connectivity index (χ1v) is 11.3. The summed E-state index contributed by atoms with van der Waals surface area (Å²) in [5.74, 6) is 0.0902. The summed E-state index contributed by atoms with van der Waals surface area (Å²) in [5, 5.41) is 2.76. The van der Waals surface area contributed by atoms with Crippen LogP contribution >= 0.6 is 0 Å². The Bertz CT molecular complexity index is 1170. The Hall–Kier alpha value is -4.42. The van der Waals surface area contributed by atoms with E-state index in [1.165, 1.54) is 0 Å². The lowest BCUT2D eigenvalue weighted by Gasteiger charge is -2.23. The second-order valence-electron chi connectivity index (χ2n) is 7.74. The van der Waals surface area contributed by atoms with Gasteiger partial charge in [0.15, 0.2) is 0 Å². The summed E-state index contributed by atoms with van der Waals surface area (Å²) in [5.41, 5.74) is 3.15. The van der Waals surface area contributed by atoms with Gasteiger partial charge in [-0.3, -0.25) is 14.5 Å². The number of amides is 2. The zero-order valence-electron chi connectivity index (χ0n) is 19.2. The Morgan fingerprint density at radius 2 is 1.20 bits per heavy atom. The number of anilines is 3. The van der Waals surface area contributed by atoms with Gasteiger partial charge in [0.05, 0.1) is 0 Å². The number of para-hydroxylation sites is 2. The fourth-order valence-electron chi connectivity index (χ4n) is 3.46. The van der Waals surface area contributed by atoms with Crippen molar-refractivity contribution in [1.29, 1.82) is 0 Å². The largest absolute Gasteiger partial charge is 0.489 e. The fraction of sp³-hybridized carbons (Fsp3) is 0.103. The number of carbonyl (C=O) groups excluding carboxylic acids is 2. The van der Waals surface area contributed by atoms with E-state index in [9.17, 15) is 9.59 Å². The molecule has 0 aliphatic rings. The van der Waals surface area contributed by atoms with Gasteiger partial charge < -0.3 is 14.8 Å². The molecule has 6 heteroatoms. The molecule has 0 atom stereocenters. The zero-order chi connectivity index (χ0) is 24.3. The predicted molar refractivity (Wildman–Crippen MR) is 137 cm³/mol. The third-order valence-electron chi connectivity index (χ3n) is 5.12. The van der Waals surface area contributed by atoms with Gasteiger partial charge >= 0.3 is 0 Å². The van der Waals surface area contributed by atoms with Crippen molar-refractivity contribution in [3.05, 3.63) is 121 Å². The van der Waals surface area contributed by atoms with Gasteiger partial charge in [0, 0.05) is 17.1 Å². The molecule has 1 N–H and O–H groups in total. The molecule has 0 aromatic heterocycles. The minimum Gasteiger partial charge on any atom is -0.489 e. The highest BCUT2D eigenvalue weighted by molar-refractivity contribution is 6.01. The fourth-order valence-corrected chi connectivity index (χ4v) is 3.46. The Balaban J connectivity index is 1.26. The summed E-state index contributed by atoms with van der Waals surface area (Å²) in [6, 6.07) is 35.6. The minimum atomic E-state index is -0.346. The lowest BCUT2D eigenvalue weighted by Crippen LogP contribution is -2.31. The third kappa shape index (κ3) is 7.03. The molecule has 0 bridgehead atoms. The van der Waals surface area contributed by atoms with E-state index in [1.807, 2.05) is 91.0 Å².